The number of allylic oxidation sites excluding steroid dienone is 1. The second kappa shape index (κ2) is 3.17. The lowest BCUT2D eigenvalue weighted by Crippen LogP contribution is -2.08. The van der Waals surface area contributed by atoms with Crippen LogP contribution in [0.3, 0.4) is 0 Å². The van der Waals surface area contributed by atoms with Gasteiger partial charge in [-0.3, -0.25) is 4.99 Å². The molecular formula is C16H11N. The molecule has 17 heavy (non-hydrogen) atoms. The molecule has 0 amide bonds. The first-order chi connectivity index (χ1) is 8.43. The van der Waals surface area contributed by atoms with E-state index in [0.717, 1.165) is 6.54 Å². The van der Waals surface area contributed by atoms with E-state index in [-0.39, 0.29) is 0 Å². The summed E-state index contributed by atoms with van der Waals surface area (Å²) >= 11 is 0. The molecule has 1 aliphatic heterocycles. The smallest absolute Gasteiger partial charge is 0.0735 e. The summed E-state index contributed by atoms with van der Waals surface area (Å²) in [4.78, 5) is 4.72. The molecule has 0 radical (unpaired) electrons. The lowest BCUT2D eigenvalue weighted by molar-refractivity contribution is 1.05. The summed E-state index contributed by atoms with van der Waals surface area (Å²) in [6.07, 6.45) is 2.26. The predicted molar refractivity (Wildman–Crippen MR) is 71.0 cm³/mol. The number of nitrogens with zero attached hydrogens (tertiary/aromatic N) is 1. The first-order valence-electron chi connectivity index (χ1n) is 5.88. The van der Waals surface area contributed by atoms with Gasteiger partial charge in [-0.2, -0.15) is 0 Å². The minimum absolute atomic E-state index is 0.803. The van der Waals surface area contributed by atoms with Gasteiger partial charge in [0.25, 0.3) is 0 Å². The Morgan fingerprint density at radius 1 is 0.824 bits per heavy atom. The van der Waals surface area contributed by atoms with Gasteiger partial charge in [-0.25, -0.2) is 0 Å². The Hall–Kier alpha value is -2.15. The first-order valence-corrected chi connectivity index (χ1v) is 5.88. The van der Waals surface area contributed by atoms with E-state index in [1.54, 1.807) is 0 Å². The zero-order valence-electron chi connectivity index (χ0n) is 9.35. The normalized spacial score (nSPS) is 15.5. The quantitative estimate of drug-likeness (QED) is 0.640. The third-order valence-corrected chi connectivity index (χ3v) is 3.49. The second-order valence-electron chi connectivity index (χ2n) is 4.47. The number of fused-ring (bicyclic) bond motifs is 5. The van der Waals surface area contributed by atoms with Gasteiger partial charge in [0.15, 0.2) is 0 Å². The van der Waals surface area contributed by atoms with Gasteiger partial charge in [-0.1, -0.05) is 48.5 Å². The van der Waals surface area contributed by atoms with Crippen LogP contribution in [0.5, 0.6) is 0 Å². The summed E-state index contributed by atoms with van der Waals surface area (Å²) in [6.45, 7) is 0.803. The maximum absolute atomic E-state index is 4.72. The highest BCUT2D eigenvalue weighted by Gasteiger charge is 2.25. The Morgan fingerprint density at radius 3 is 2.53 bits per heavy atom. The van der Waals surface area contributed by atoms with Crippen LogP contribution < -0.4 is 0 Å². The molecule has 2 aromatic rings. The topological polar surface area (TPSA) is 12.4 Å². The van der Waals surface area contributed by atoms with E-state index in [2.05, 4.69) is 54.6 Å². The Morgan fingerprint density at radius 2 is 1.59 bits per heavy atom. The maximum atomic E-state index is 4.72. The van der Waals surface area contributed by atoms with Crippen molar-refractivity contribution in [2.24, 2.45) is 4.99 Å². The zero-order valence-corrected chi connectivity index (χ0v) is 9.35. The van der Waals surface area contributed by atoms with Crippen LogP contribution in [-0.4, -0.2) is 5.71 Å². The molecule has 1 aliphatic carbocycles. The van der Waals surface area contributed by atoms with E-state index in [4.69, 9.17) is 4.99 Å². The number of benzene rings is 2. The van der Waals surface area contributed by atoms with Crippen molar-refractivity contribution < 1.29 is 0 Å². The predicted octanol–water partition coefficient (Wildman–Crippen LogP) is 3.54. The van der Waals surface area contributed by atoms with E-state index in [0.29, 0.717) is 0 Å². The SMILES string of the molecule is C1=C2C(=NCc3ccccc32)c2ccccc21. The molecule has 1 heterocycles. The molecular weight excluding hydrogens is 206 g/mol. The number of rotatable bonds is 0. The van der Waals surface area contributed by atoms with Crippen LogP contribution in [0.4, 0.5) is 0 Å². The minimum Gasteiger partial charge on any atom is -0.279 e. The van der Waals surface area contributed by atoms with Gasteiger partial charge in [0.05, 0.1) is 12.3 Å². The van der Waals surface area contributed by atoms with E-state index in [9.17, 15) is 0 Å². The Balaban J connectivity index is 1.99. The van der Waals surface area contributed by atoms with Crippen LogP contribution in [0.1, 0.15) is 22.3 Å². The van der Waals surface area contributed by atoms with Crippen molar-refractivity contribution in [2.75, 3.05) is 0 Å². The van der Waals surface area contributed by atoms with Crippen molar-refractivity contribution in [1.29, 1.82) is 0 Å². The number of hydrogen-bond acceptors (Lipinski definition) is 1. The van der Waals surface area contributed by atoms with Gasteiger partial charge >= 0.3 is 0 Å². The Bertz CT molecular complexity index is 677. The summed E-state index contributed by atoms with van der Waals surface area (Å²) in [6, 6.07) is 17.0. The third-order valence-electron chi connectivity index (χ3n) is 3.49. The monoisotopic (exact) mass is 217 g/mol. The molecule has 0 saturated carbocycles. The van der Waals surface area contributed by atoms with Gasteiger partial charge < -0.3 is 0 Å². The van der Waals surface area contributed by atoms with Gasteiger partial charge in [0, 0.05) is 11.1 Å². The van der Waals surface area contributed by atoms with Crippen molar-refractivity contribution in [3.05, 3.63) is 70.8 Å². The van der Waals surface area contributed by atoms with E-state index in [1.807, 2.05) is 0 Å². The average Bonchev–Trinajstić information content (AvgIpc) is 2.78. The largest absolute Gasteiger partial charge is 0.279 e. The molecule has 1 nitrogen and oxygen atoms in total. The van der Waals surface area contributed by atoms with Crippen LogP contribution in [0.15, 0.2) is 53.5 Å². The molecule has 0 unspecified atom stereocenters. The Kier molecular flexibility index (Phi) is 1.67. The fourth-order valence-electron chi connectivity index (χ4n) is 2.67. The van der Waals surface area contributed by atoms with Crippen LogP contribution in [-0.2, 0) is 6.54 Å². The summed E-state index contributed by atoms with van der Waals surface area (Å²) < 4.78 is 0. The van der Waals surface area contributed by atoms with Gasteiger partial charge in [-0.05, 0) is 22.8 Å². The van der Waals surface area contributed by atoms with Crippen molar-refractivity contribution in [1.82, 2.24) is 0 Å². The van der Waals surface area contributed by atoms with Gasteiger partial charge in [-0.15, -0.1) is 0 Å². The van der Waals surface area contributed by atoms with E-state index >= 15 is 0 Å². The number of aliphatic imine (C=N–C) groups is 1. The van der Waals surface area contributed by atoms with Gasteiger partial charge in [0.1, 0.15) is 0 Å². The van der Waals surface area contributed by atoms with Crippen LogP contribution in [0.25, 0.3) is 11.6 Å². The second-order valence-corrected chi connectivity index (χ2v) is 4.47. The molecule has 0 spiro atoms. The highest BCUT2D eigenvalue weighted by molar-refractivity contribution is 6.40. The fraction of sp³-hybridized carbons (Fsp3) is 0.0625. The van der Waals surface area contributed by atoms with Crippen LogP contribution in [0, 0.1) is 0 Å². The third kappa shape index (κ3) is 1.17. The molecule has 4 rings (SSSR count). The standard InChI is InChI=1S/C16H11N/c1-4-8-14-11(5-1)9-15-13-7-3-2-6-12(13)10-17-16(14)15/h1-9H,10H2. The molecule has 2 aromatic carbocycles. The van der Waals surface area contributed by atoms with Gasteiger partial charge in [0.2, 0.25) is 0 Å². The van der Waals surface area contributed by atoms with Crippen LogP contribution in [0.2, 0.25) is 0 Å². The molecule has 0 fully saturated rings. The average molecular weight is 217 g/mol. The van der Waals surface area contributed by atoms with Crippen molar-refractivity contribution in [3.8, 4) is 0 Å². The molecule has 0 bridgehead atoms. The van der Waals surface area contributed by atoms with E-state index in [1.165, 1.54) is 33.5 Å². The summed E-state index contributed by atoms with van der Waals surface area (Å²) in [7, 11) is 0. The molecule has 1 heteroatoms. The van der Waals surface area contributed by atoms with Crippen molar-refractivity contribution >= 4 is 17.4 Å². The molecule has 0 saturated heterocycles. The minimum atomic E-state index is 0.803. The van der Waals surface area contributed by atoms with E-state index < -0.39 is 0 Å². The lowest BCUT2D eigenvalue weighted by atomic mass is 9.94. The summed E-state index contributed by atoms with van der Waals surface area (Å²) in [5, 5.41) is 0. The molecule has 0 aromatic heterocycles. The highest BCUT2D eigenvalue weighted by Crippen LogP contribution is 2.36. The molecule has 2 aliphatic rings. The van der Waals surface area contributed by atoms with Crippen molar-refractivity contribution in [3.63, 3.8) is 0 Å². The lowest BCUT2D eigenvalue weighted by Gasteiger charge is -2.16. The summed E-state index contributed by atoms with van der Waals surface area (Å²) in [5.41, 5.74) is 7.69. The Labute approximate surface area is 100 Å². The first kappa shape index (κ1) is 8.94. The molecule has 0 atom stereocenters. The number of hydrogen-bond donors (Lipinski definition) is 0. The van der Waals surface area contributed by atoms with Crippen molar-refractivity contribution in [2.45, 2.75) is 6.54 Å². The maximum Gasteiger partial charge on any atom is 0.0735 e. The summed E-state index contributed by atoms with van der Waals surface area (Å²) in [5.74, 6) is 0. The fourth-order valence-corrected chi connectivity index (χ4v) is 2.67. The molecule has 80 valence electrons. The zero-order chi connectivity index (χ0) is 11.2. The molecule has 0 N–H and O–H groups in total. The highest BCUT2D eigenvalue weighted by atomic mass is 14.8. The van der Waals surface area contributed by atoms with Crippen LogP contribution >= 0.6 is 0 Å².